The van der Waals surface area contributed by atoms with Crippen molar-refractivity contribution in [2.24, 2.45) is 11.8 Å². The van der Waals surface area contributed by atoms with Crippen LogP contribution in [-0.4, -0.2) is 58.9 Å². The third-order valence-corrected chi connectivity index (χ3v) is 6.34. The minimum absolute atomic E-state index is 0.0297. The molecule has 0 radical (unpaired) electrons. The molecule has 1 fully saturated rings. The number of nitrogens with one attached hydrogen (secondary N) is 4. The summed E-state index contributed by atoms with van der Waals surface area (Å²) in [6.45, 7) is 6.77. The molecule has 10 nitrogen and oxygen atoms in total. The standard InChI is InChI=1S/C27H38N4O6/c1-16(2)23-27(37)28-18(4)25(35)30-21(15-19-11-7-5-8-12-19)26(36)29-20(17(3)24(34)31-23)13-9-6-10-14-22(32)33/h5-9,11-12,16-18,20-21,23H,10,13-15H2,1-4H3,(H,28,37)(H,29,36)(H,30,35)(H,31,34)(H,32,33)/b9-6-/t17-,18+,20+,21+,23?/m0/s1. The second kappa shape index (κ2) is 14.2. The molecule has 1 unspecified atom stereocenters. The Kier molecular flexibility index (Phi) is 11.3. The number of carboxylic acid groups (broad SMARTS) is 1. The third-order valence-electron chi connectivity index (χ3n) is 6.34. The van der Waals surface area contributed by atoms with Gasteiger partial charge < -0.3 is 26.4 Å². The van der Waals surface area contributed by atoms with Gasteiger partial charge in [0.15, 0.2) is 0 Å². The van der Waals surface area contributed by atoms with Crippen LogP contribution >= 0.6 is 0 Å². The SMILES string of the molecule is CC(C)C1NC(=O)[C@@H](C)[C@@H](C/C=C\CCC(=O)O)NC(=O)[C@@H](Cc2ccccc2)NC(=O)[C@@H](C)NC1=O. The summed E-state index contributed by atoms with van der Waals surface area (Å²) in [6, 6.07) is 5.82. The quantitative estimate of drug-likeness (QED) is 0.330. The van der Waals surface area contributed by atoms with Gasteiger partial charge in [-0.05, 0) is 31.2 Å². The highest BCUT2D eigenvalue weighted by atomic mass is 16.4. The average molecular weight is 515 g/mol. The van der Waals surface area contributed by atoms with Gasteiger partial charge in [0.2, 0.25) is 23.6 Å². The van der Waals surface area contributed by atoms with E-state index in [1.807, 2.05) is 30.3 Å². The summed E-state index contributed by atoms with van der Waals surface area (Å²) in [4.78, 5) is 63.2. The summed E-state index contributed by atoms with van der Waals surface area (Å²) in [5.74, 6) is -3.75. The molecule has 0 aromatic heterocycles. The van der Waals surface area contributed by atoms with E-state index in [1.165, 1.54) is 6.92 Å². The minimum atomic E-state index is -0.940. The molecule has 0 spiro atoms. The Hall–Kier alpha value is -3.69. The van der Waals surface area contributed by atoms with Gasteiger partial charge in [0, 0.05) is 18.9 Å². The van der Waals surface area contributed by atoms with E-state index in [0.717, 1.165) is 5.56 Å². The summed E-state index contributed by atoms with van der Waals surface area (Å²) >= 11 is 0. The van der Waals surface area contributed by atoms with E-state index in [4.69, 9.17) is 5.11 Å². The van der Waals surface area contributed by atoms with Crippen molar-refractivity contribution in [2.75, 3.05) is 0 Å². The predicted octanol–water partition coefficient (Wildman–Crippen LogP) is 1.31. The van der Waals surface area contributed by atoms with Crippen LogP contribution < -0.4 is 21.3 Å². The molecule has 0 aliphatic carbocycles. The number of hydrogen-bond acceptors (Lipinski definition) is 5. The lowest BCUT2D eigenvalue weighted by atomic mass is 9.94. The average Bonchev–Trinajstić information content (AvgIpc) is 2.84. The van der Waals surface area contributed by atoms with Gasteiger partial charge in [-0.2, -0.15) is 0 Å². The molecule has 1 aromatic rings. The van der Waals surface area contributed by atoms with Gasteiger partial charge in [0.1, 0.15) is 18.1 Å². The Labute approximate surface area is 217 Å². The van der Waals surface area contributed by atoms with Gasteiger partial charge in [0.05, 0.1) is 5.92 Å². The Morgan fingerprint density at radius 2 is 1.57 bits per heavy atom. The topological polar surface area (TPSA) is 154 Å². The molecule has 1 aromatic carbocycles. The largest absolute Gasteiger partial charge is 0.481 e. The number of carboxylic acids is 1. The summed E-state index contributed by atoms with van der Waals surface area (Å²) < 4.78 is 0. The predicted molar refractivity (Wildman–Crippen MR) is 138 cm³/mol. The smallest absolute Gasteiger partial charge is 0.303 e. The van der Waals surface area contributed by atoms with E-state index < -0.39 is 59.7 Å². The van der Waals surface area contributed by atoms with Gasteiger partial charge in [-0.3, -0.25) is 24.0 Å². The first kappa shape index (κ1) is 29.5. The third kappa shape index (κ3) is 9.36. The van der Waals surface area contributed by atoms with Crippen molar-refractivity contribution in [2.45, 2.75) is 77.5 Å². The van der Waals surface area contributed by atoms with Crippen molar-refractivity contribution in [1.29, 1.82) is 0 Å². The van der Waals surface area contributed by atoms with E-state index in [-0.39, 0.29) is 25.2 Å². The number of rotatable bonds is 8. The molecule has 1 aliphatic heterocycles. The van der Waals surface area contributed by atoms with Crippen LogP contribution in [0.3, 0.4) is 0 Å². The first-order chi connectivity index (χ1) is 17.5. The highest BCUT2D eigenvalue weighted by molar-refractivity contribution is 5.95. The maximum absolute atomic E-state index is 13.4. The lowest BCUT2D eigenvalue weighted by molar-refractivity contribution is -0.137. The first-order valence-electron chi connectivity index (χ1n) is 12.6. The van der Waals surface area contributed by atoms with Crippen LogP contribution in [0.25, 0.3) is 0 Å². The van der Waals surface area contributed by atoms with Crippen molar-refractivity contribution in [3.05, 3.63) is 48.0 Å². The van der Waals surface area contributed by atoms with Gasteiger partial charge in [-0.15, -0.1) is 0 Å². The molecule has 37 heavy (non-hydrogen) atoms. The van der Waals surface area contributed by atoms with Crippen LogP contribution in [0.2, 0.25) is 0 Å². The fraction of sp³-hybridized carbons (Fsp3) is 0.519. The molecule has 0 saturated carbocycles. The molecule has 0 bridgehead atoms. The van der Waals surface area contributed by atoms with Gasteiger partial charge >= 0.3 is 5.97 Å². The molecule has 5 N–H and O–H groups in total. The van der Waals surface area contributed by atoms with Gasteiger partial charge in [0.25, 0.3) is 0 Å². The molecule has 1 heterocycles. The second-order valence-electron chi connectivity index (χ2n) is 9.75. The Morgan fingerprint density at radius 3 is 2.19 bits per heavy atom. The fourth-order valence-electron chi connectivity index (χ4n) is 3.97. The van der Waals surface area contributed by atoms with Gasteiger partial charge in [-0.25, -0.2) is 0 Å². The summed E-state index contributed by atoms with van der Waals surface area (Å²) in [7, 11) is 0. The zero-order valence-corrected chi connectivity index (χ0v) is 21.8. The molecular formula is C27H38N4O6. The second-order valence-corrected chi connectivity index (χ2v) is 9.75. The van der Waals surface area contributed by atoms with Crippen LogP contribution in [0.4, 0.5) is 0 Å². The summed E-state index contributed by atoms with van der Waals surface area (Å²) in [5, 5.41) is 19.9. The number of benzene rings is 1. The molecule has 202 valence electrons. The van der Waals surface area contributed by atoms with Crippen LogP contribution in [-0.2, 0) is 30.4 Å². The van der Waals surface area contributed by atoms with Crippen molar-refractivity contribution in [3.63, 3.8) is 0 Å². The van der Waals surface area contributed by atoms with Crippen molar-refractivity contribution < 1.29 is 29.1 Å². The van der Waals surface area contributed by atoms with Crippen LogP contribution in [0.5, 0.6) is 0 Å². The number of hydrogen-bond donors (Lipinski definition) is 5. The lowest BCUT2D eigenvalue weighted by Crippen LogP contribution is -2.56. The lowest BCUT2D eigenvalue weighted by Gasteiger charge is -2.28. The van der Waals surface area contributed by atoms with E-state index in [2.05, 4.69) is 21.3 Å². The summed E-state index contributed by atoms with van der Waals surface area (Å²) in [6.07, 6.45) is 4.20. The van der Waals surface area contributed by atoms with Crippen LogP contribution in [0, 0.1) is 11.8 Å². The van der Waals surface area contributed by atoms with E-state index in [0.29, 0.717) is 6.42 Å². The maximum atomic E-state index is 13.4. The molecule has 10 heteroatoms. The zero-order valence-electron chi connectivity index (χ0n) is 21.8. The monoisotopic (exact) mass is 514 g/mol. The maximum Gasteiger partial charge on any atom is 0.303 e. The number of carbonyl (C=O) groups is 5. The highest BCUT2D eigenvalue weighted by Crippen LogP contribution is 2.14. The number of allylic oxidation sites excluding steroid dienone is 1. The molecule has 2 rings (SSSR count). The fourth-order valence-corrected chi connectivity index (χ4v) is 3.97. The van der Waals surface area contributed by atoms with Crippen molar-refractivity contribution in [1.82, 2.24) is 21.3 Å². The minimum Gasteiger partial charge on any atom is -0.481 e. The molecule has 4 amide bonds. The van der Waals surface area contributed by atoms with Crippen LogP contribution in [0.1, 0.15) is 52.5 Å². The number of aliphatic carboxylic acids is 1. The molecule has 1 saturated heterocycles. The van der Waals surface area contributed by atoms with Crippen molar-refractivity contribution in [3.8, 4) is 0 Å². The van der Waals surface area contributed by atoms with Crippen molar-refractivity contribution >= 4 is 29.6 Å². The Balaban J connectivity index is 2.38. The normalized spacial score (nSPS) is 25.8. The zero-order chi connectivity index (χ0) is 27.5. The summed E-state index contributed by atoms with van der Waals surface area (Å²) in [5.41, 5.74) is 0.833. The van der Waals surface area contributed by atoms with Gasteiger partial charge in [-0.1, -0.05) is 63.3 Å². The number of amides is 4. The molecular weight excluding hydrogens is 476 g/mol. The van der Waals surface area contributed by atoms with Crippen LogP contribution in [0.15, 0.2) is 42.5 Å². The first-order valence-corrected chi connectivity index (χ1v) is 12.6. The molecule has 5 atom stereocenters. The highest BCUT2D eigenvalue weighted by Gasteiger charge is 2.34. The van der Waals surface area contributed by atoms with E-state index in [9.17, 15) is 24.0 Å². The Morgan fingerprint density at radius 1 is 0.892 bits per heavy atom. The van der Waals surface area contributed by atoms with E-state index in [1.54, 1.807) is 32.9 Å². The Bertz CT molecular complexity index is 994. The number of carbonyl (C=O) groups excluding carboxylic acids is 4. The molecule has 1 aliphatic rings. The van der Waals surface area contributed by atoms with E-state index >= 15 is 0 Å².